The molecule has 0 saturated carbocycles. The summed E-state index contributed by atoms with van der Waals surface area (Å²) >= 11 is 2.82. The first-order valence-electron chi connectivity index (χ1n) is 3.60. The Balaban J connectivity index is 3.65. The molecule has 1 aromatic rings. The maximum absolute atomic E-state index is 11.0. The zero-order valence-corrected chi connectivity index (χ0v) is 10.5. The van der Waals surface area contributed by atoms with Gasteiger partial charge in [0.2, 0.25) is 0 Å². The third-order valence-corrected chi connectivity index (χ3v) is 3.56. The molecule has 0 radical (unpaired) electrons. The van der Waals surface area contributed by atoms with Gasteiger partial charge in [-0.1, -0.05) is 0 Å². The van der Waals surface area contributed by atoms with Crippen LogP contribution in [0, 0.1) is 21.4 Å². The minimum absolute atomic E-state index is 0.115. The summed E-state index contributed by atoms with van der Waals surface area (Å²) in [6.07, 6.45) is 0. The summed E-state index contributed by atoms with van der Waals surface area (Å²) in [7, 11) is 1.03. The molecule has 0 heterocycles. The molecule has 0 spiro atoms. The van der Waals surface area contributed by atoms with Crippen LogP contribution < -0.4 is 0 Å². The van der Waals surface area contributed by atoms with Gasteiger partial charge < -0.3 is 0 Å². The first-order valence-corrected chi connectivity index (χ1v) is 6.70. The van der Waals surface area contributed by atoms with Crippen LogP contribution in [0.3, 0.4) is 0 Å². The number of benzene rings is 1. The Labute approximate surface area is 103 Å². The molecule has 0 N–H and O–H groups in total. The lowest BCUT2D eigenvalue weighted by Crippen LogP contribution is -1.98. The fraction of sp³-hybridized carbons (Fsp3) is 0. The fourth-order valence-corrected chi connectivity index (χ4v) is 2.53. The maximum atomic E-state index is 11.0. The van der Waals surface area contributed by atoms with Crippen molar-refractivity contribution in [3.8, 4) is 6.07 Å². The molecule has 1 rings (SSSR count). The van der Waals surface area contributed by atoms with Gasteiger partial charge >= 0.3 is 5.69 Å². The SMILES string of the molecule is N#Cc1cc(S(=O)(=O)Cl)cc(Br)c1[N+](=O)[O-]. The Morgan fingerprint density at radius 1 is 1.50 bits per heavy atom. The van der Waals surface area contributed by atoms with Crippen LogP contribution in [0.1, 0.15) is 5.56 Å². The van der Waals surface area contributed by atoms with Crippen LogP contribution >= 0.6 is 26.6 Å². The molecule has 0 aliphatic heterocycles. The molecule has 0 saturated heterocycles. The molecule has 0 bridgehead atoms. The molecule has 0 aliphatic carbocycles. The minimum Gasteiger partial charge on any atom is -0.258 e. The van der Waals surface area contributed by atoms with Crippen LogP contribution in [0.15, 0.2) is 21.5 Å². The van der Waals surface area contributed by atoms with E-state index in [1.165, 1.54) is 6.07 Å². The highest BCUT2D eigenvalue weighted by molar-refractivity contribution is 9.10. The predicted molar refractivity (Wildman–Crippen MR) is 58.6 cm³/mol. The summed E-state index contributed by atoms with van der Waals surface area (Å²) in [5.41, 5.74) is -0.870. The monoisotopic (exact) mass is 324 g/mol. The Morgan fingerprint density at radius 2 is 2.06 bits per heavy atom. The standard InChI is InChI=1S/C7H2BrClN2O4S/c8-6-2-5(16(9,14)15)1-4(3-10)7(6)11(12)13/h1-2H. The molecule has 0 aromatic heterocycles. The average molecular weight is 326 g/mol. The Morgan fingerprint density at radius 3 is 2.44 bits per heavy atom. The zero-order chi connectivity index (χ0) is 12.5. The van der Waals surface area contributed by atoms with Crippen LogP contribution in [0.5, 0.6) is 0 Å². The van der Waals surface area contributed by atoms with E-state index in [4.69, 9.17) is 15.9 Å². The molecule has 6 nitrogen and oxygen atoms in total. The van der Waals surface area contributed by atoms with Gasteiger partial charge in [-0.3, -0.25) is 10.1 Å². The topological polar surface area (TPSA) is 101 Å². The van der Waals surface area contributed by atoms with Crippen molar-refractivity contribution < 1.29 is 13.3 Å². The van der Waals surface area contributed by atoms with Crippen molar-refractivity contribution >= 4 is 41.4 Å². The fourth-order valence-electron chi connectivity index (χ4n) is 0.986. The Bertz CT molecular complexity index is 608. The van der Waals surface area contributed by atoms with Gasteiger partial charge in [-0.25, -0.2) is 8.42 Å². The van der Waals surface area contributed by atoms with Crippen molar-refractivity contribution in [2.75, 3.05) is 0 Å². The number of rotatable bonds is 2. The first kappa shape index (κ1) is 12.9. The Hall–Kier alpha value is -1.17. The molecule has 0 aliphatic rings. The van der Waals surface area contributed by atoms with Gasteiger partial charge in [0.15, 0.2) is 0 Å². The zero-order valence-electron chi connectivity index (χ0n) is 7.35. The highest BCUT2D eigenvalue weighted by atomic mass is 79.9. The van der Waals surface area contributed by atoms with Gasteiger partial charge in [0.1, 0.15) is 11.6 Å². The van der Waals surface area contributed by atoms with Crippen molar-refractivity contribution in [1.29, 1.82) is 5.26 Å². The van der Waals surface area contributed by atoms with Gasteiger partial charge in [0.05, 0.1) is 14.3 Å². The lowest BCUT2D eigenvalue weighted by Gasteiger charge is -2.01. The van der Waals surface area contributed by atoms with E-state index >= 15 is 0 Å². The van der Waals surface area contributed by atoms with E-state index in [1.54, 1.807) is 0 Å². The van der Waals surface area contributed by atoms with E-state index in [9.17, 15) is 18.5 Å². The molecule has 0 amide bonds. The summed E-state index contributed by atoms with van der Waals surface area (Å²) < 4.78 is 21.9. The van der Waals surface area contributed by atoms with Gasteiger partial charge in [-0.15, -0.1) is 0 Å². The summed E-state index contributed by atoms with van der Waals surface area (Å²) in [5.74, 6) is 0. The van der Waals surface area contributed by atoms with Crippen molar-refractivity contribution in [3.05, 3.63) is 32.3 Å². The first-order chi connectivity index (χ1) is 7.27. The van der Waals surface area contributed by atoms with Crippen LogP contribution in [0.4, 0.5) is 5.69 Å². The van der Waals surface area contributed by atoms with Crippen LogP contribution in [0.2, 0.25) is 0 Å². The molecule has 0 fully saturated rings. The van der Waals surface area contributed by atoms with Crippen molar-refractivity contribution in [2.45, 2.75) is 4.90 Å². The quantitative estimate of drug-likeness (QED) is 0.471. The van der Waals surface area contributed by atoms with Crippen LogP contribution in [-0.2, 0) is 9.05 Å². The summed E-state index contributed by atoms with van der Waals surface area (Å²) in [4.78, 5) is 9.45. The predicted octanol–water partition coefficient (Wildman–Crippen LogP) is 2.16. The number of nitriles is 1. The van der Waals surface area contributed by atoms with E-state index in [-0.39, 0.29) is 14.9 Å². The number of halogens is 2. The molecule has 0 unspecified atom stereocenters. The lowest BCUT2D eigenvalue weighted by molar-refractivity contribution is -0.386. The van der Waals surface area contributed by atoms with Crippen LogP contribution in [-0.4, -0.2) is 13.3 Å². The minimum atomic E-state index is -4.03. The Kier molecular flexibility index (Phi) is 3.52. The van der Waals surface area contributed by atoms with Gasteiger partial charge in [0, 0.05) is 10.7 Å². The second-order valence-electron chi connectivity index (χ2n) is 2.61. The number of nitro groups is 1. The van der Waals surface area contributed by atoms with Crippen molar-refractivity contribution in [2.24, 2.45) is 0 Å². The smallest absolute Gasteiger partial charge is 0.258 e. The third kappa shape index (κ3) is 2.49. The van der Waals surface area contributed by atoms with Crippen molar-refractivity contribution in [3.63, 3.8) is 0 Å². The maximum Gasteiger partial charge on any atom is 0.301 e. The number of hydrogen-bond acceptors (Lipinski definition) is 5. The normalized spacial score (nSPS) is 10.8. The lowest BCUT2D eigenvalue weighted by atomic mass is 10.2. The van der Waals surface area contributed by atoms with Gasteiger partial charge in [-0.05, 0) is 28.1 Å². The molecule has 16 heavy (non-hydrogen) atoms. The number of nitrogens with zero attached hydrogens (tertiary/aromatic N) is 2. The molecule has 1 aromatic carbocycles. The second-order valence-corrected chi connectivity index (χ2v) is 6.03. The molecule has 9 heteroatoms. The summed E-state index contributed by atoms with van der Waals surface area (Å²) in [6, 6.07) is 3.36. The molecule has 84 valence electrons. The highest BCUT2D eigenvalue weighted by Crippen LogP contribution is 2.32. The highest BCUT2D eigenvalue weighted by Gasteiger charge is 2.23. The average Bonchev–Trinajstić information content (AvgIpc) is 2.14. The second kappa shape index (κ2) is 4.37. The molecular weight excluding hydrogens is 324 g/mol. The van der Waals surface area contributed by atoms with E-state index in [0.717, 1.165) is 12.1 Å². The largest absolute Gasteiger partial charge is 0.301 e. The summed E-state index contributed by atoms with van der Waals surface area (Å²) in [5, 5.41) is 19.3. The van der Waals surface area contributed by atoms with E-state index in [1.807, 2.05) is 0 Å². The van der Waals surface area contributed by atoms with Crippen LogP contribution in [0.25, 0.3) is 0 Å². The van der Waals surface area contributed by atoms with E-state index < -0.39 is 19.7 Å². The van der Waals surface area contributed by atoms with Gasteiger partial charge in [-0.2, -0.15) is 5.26 Å². The molecule has 0 atom stereocenters. The van der Waals surface area contributed by atoms with Gasteiger partial charge in [0.25, 0.3) is 9.05 Å². The molecular formula is C7H2BrClN2O4S. The van der Waals surface area contributed by atoms with Crippen molar-refractivity contribution in [1.82, 2.24) is 0 Å². The summed E-state index contributed by atoms with van der Waals surface area (Å²) in [6.45, 7) is 0. The number of hydrogen-bond donors (Lipinski definition) is 0. The van der Waals surface area contributed by atoms with E-state index in [0.29, 0.717) is 0 Å². The third-order valence-electron chi connectivity index (χ3n) is 1.62. The van der Waals surface area contributed by atoms with E-state index in [2.05, 4.69) is 15.9 Å². The number of nitro benzene ring substituents is 1.